The molecular weight excluding hydrogens is 372 g/mol. The number of anilines is 1. The Balaban J connectivity index is 1.61. The lowest BCUT2D eigenvalue weighted by Crippen LogP contribution is -2.31. The molecule has 2 aromatic carbocycles. The van der Waals surface area contributed by atoms with Crippen molar-refractivity contribution in [3.63, 3.8) is 0 Å². The van der Waals surface area contributed by atoms with Crippen molar-refractivity contribution in [2.24, 2.45) is 0 Å². The molecule has 0 fully saturated rings. The van der Waals surface area contributed by atoms with Crippen molar-refractivity contribution in [1.82, 2.24) is 14.9 Å². The Hall–Kier alpha value is -2.92. The zero-order valence-electron chi connectivity index (χ0n) is 15.8. The first kappa shape index (κ1) is 19.8. The van der Waals surface area contributed by atoms with Gasteiger partial charge in [-0.1, -0.05) is 54.1 Å². The van der Waals surface area contributed by atoms with E-state index in [2.05, 4.69) is 15.3 Å². The first-order chi connectivity index (χ1) is 13.7. The van der Waals surface area contributed by atoms with E-state index in [0.29, 0.717) is 31.3 Å². The number of hydrogen-bond donors (Lipinski definition) is 1. The van der Waals surface area contributed by atoms with Crippen molar-refractivity contribution in [3.05, 3.63) is 88.7 Å². The molecule has 0 aliphatic rings. The van der Waals surface area contributed by atoms with E-state index < -0.39 is 0 Å². The molecule has 0 saturated heterocycles. The van der Waals surface area contributed by atoms with E-state index in [0.717, 1.165) is 22.6 Å². The van der Waals surface area contributed by atoms with Gasteiger partial charge >= 0.3 is 0 Å². The molecule has 0 aliphatic carbocycles. The number of aromatic nitrogens is 2. The molecule has 0 radical (unpaired) electrons. The monoisotopic (exact) mass is 394 g/mol. The highest BCUT2D eigenvalue weighted by Crippen LogP contribution is 2.12. The molecule has 0 bridgehead atoms. The summed E-state index contributed by atoms with van der Waals surface area (Å²) >= 11 is 6.01. The third kappa shape index (κ3) is 5.54. The summed E-state index contributed by atoms with van der Waals surface area (Å²) in [6.45, 7) is 3.78. The molecule has 28 heavy (non-hydrogen) atoms. The van der Waals surface area contributed by atoms with E-state index in [1.807, 2.05) is 61.5 Å². The van der Waals surface area contributed by atoms with Gasteiger partial charge in [0.05, 0.1) is 0 Å². The number of amides is 1. The lowest BCUT2D eigenvalue weighted by molar-refractivity contribution is 0.0746. The van der Waals surface area contributed by atoms with Crippen molar-refractivity contribution in [1.29, 1.82) is 0 Å². The summed E-state index contributed by atoms with van der Waals surface area (Å²) in [5, 5.41) is 3.90. The molecule has 5 nitrogen and oxygen atoms in total. The molecule has 1 heterocycles. The Morgan fingerprint density at radius 3 is 2.61 bits per heavy atom. The molecule has 3 rings (SSSR count). The fraction of sp³-hybridized carbons (Fsp3) is 0.227. The average molecular weight is 395 g/mol. The Morgan fingerprint density at radius 2 is 1.86 bits per heavy atom. The molecule has 0 aliphatic heterocycles. The number of carbonyl (C=O) groups is 1. The van der Waals surface area contributed by atoms with Gasteiger partial charge in [-0.2, -0.15) is 0 Å². The summed E-state index contributed by atoms with van der Waals surface area (Å²) in [5.41, 5.74) is 2.61. The number of hydrogen-bond acceptors (Lipinski definition) is 4. The van der Waals surface area contributed by atoms with Crippen LogP contribution in [0.1, 0.15) is 28.5 Å². The summed E-state index contributed by atoms with van der Waals surface area (Å²) in [5.74, 6) is 0.343. The number of nitrogens with zero attached hydrogens (tertiary/aromatic N) is 3. The first-order valence-corrected chi connectivity index (χ1v) is 9.68. The third-order valence-electron chi connectivity index (χ3n) is 4.35. The van der Waals surface area contributed by atoms with Crippen LogP contribution in [-0.2, 0) is 13.0 Å². The minimum atomic E-state index is -0.105. The molecule has 0 unspecified atom stereocenters. The van der Waals surface area contributed by atoms with Crippen LogP contribution >= 0.6 is 11.6 Å². The Morgan fingerprint density at radius 1 is 1.07 bits per heavy atom. The standard InChI is InChI=1S/C22H23ClN4O/c1-2-27(16-18-7-4-3-5-8-18)21(28)20-12-14-25-22(26-20)24-13-11-17-9-6-10-19(23)15-17/h3-10,12,14-15H,2,11,13,16H2,1H3,(H,24,25,26). The van der Waals surface area contributed by atoms with Gasteiger partial charge in [0, 0.05) is 30.9 Å². The summed E-state index contributed by atoms with van der Waals surface area (Å²) in [6, 6.07) is 19.3. The fourth-order valence-electron chi connectivity index (χ4n) is 2.87. The van der Waals surface area contributed by atoms with Gasteiger partial charge in [0.25, 0.3) is 5.91 Å². The van der Waals surface area contributed by atoms with Crippen LogP contribution in [0, 0.1) is 0 Å². The second-order valence-electron chi connectivity index (χ2n) is 6.38. The van der Waals surface area contributed by atoms with Crippen molar-refractivity contribution in [2.45, 2.75) is 19.9 Å². The molecule has 1 amide bonds. The van der Waals surface area contributed by atoms with E-state index >= 15 is 0 Å². The lowest BCUT2D eigenvalue weighted by Gasteiger charge is -2.20. The maximum absolute atomic E-state index is 12.9. The van der Waals surface area contributed by atoms with Crippen LogP contribution in [0.25, 0.3) is 0 Å². The third-order valence-corrected chi connectivity index (χ3v) is 4.58. The maximum Gasteiger partial charge on any atom is 0.272 e. The van der Waals surface area contributed by atoms with Crippen LogP contribution in [0.5, 0.6) is 0 Å². The minimum absolute atomic E-state index is 0.105. The first-order valence-electron chi connectivity index (χ1n) is 9.30. The van der Waals surface area contributed by atoms with E-state index in [-0.39, 0.29) is 5.91 Å². The summed E-state index contributed by atoms with van der Waals surface area (Å²) in [7, 11) is 0. The number of benzene rings is 2. The van der Waals surface area contributed by atoms with Crippen LogP contribution in [0.2, 0.25) is 5.02 Å². The summed E-state index contributed by atoms with van der Waals surface area (Å²) in [6.07, 6.45) is 2.40. The van der Waals surface area contributed by atoms with Gasteiger partial charge < -0.3 is 10.2 Å². The molecule has 144 valence electrons. The number of nitrogens with one attached hydrogen (secondary N) is 1. The van der Waals surface area contributed by atoms with Gasteiger partial charge in [-0.25, -0.2) is 9.97 Å². The van der Waals surface area contributed by atoms with Crippen molar-refractivity contribution < 1.29 is 4.79 Å². The normalized spacial score (nSPS) is 10.5. The Bertz CT molecular complexity index is 917. The van der Waals surface area contributed by atoms with E-state index in [4.69, 9.17) is 11.6 Å². The predicted molar refractivity (Wildman–Crippen MR) is 113 cm³/mol. The predicted octanol–water partition coefficient (Wildman–Crippen LogP) is 4.45. The number of rotatable bonds is 8. The second-order valence-corrected chi connectivity index (χ2v) is 6.81. The van der Waals surface area contributed by atoms with Gasteiger partial charge in [0.1, 0.15) is 5.69 Å². The molecule has 6 heteroatoms. The number of halogens is 1. The van der Waals surface area contributed by atoms with Crippen LogP contribution in [0.15, 0.2) is 66.9 Å². The topological polar surface area (TPSA) is 58.1 Å². The zero-order chi connectivity index (χ0) is 19.8. The molecule has 0 saturated carbocycles. The highest BCUT2D eigenvalue weighted by Gasteiger charge is 2.16. The summed E-state index contributed by atoms with van der Waals surface area (Å²) in [4.78, 5) is 23.2. The van der Waals surface area contributed by atoms with E-state index in [1.165, 1.54) is 0 Å². The minimum Gasteiger partial charge on any atom is -0.354 e. The highest BCUT2D eigenvalue weighted by molar-refractivity contribution is 6.30. The van der Waals surface area contributed by atoms with Gasteiger partial charge in [0.15, 0.2) is 0 Å². The summed E-state index contributed by atoms with van der Waals surface area (Å²) < 4.78 is 0. The maximum atomic E-state index is 12.9. The highest BCUT2D eigenvalue weighted by atomic mass is 35.5. The quantitative estimate of drug-likeness (QED) is 0.613. The largest absolute Gasteiger partial charge is 0.354 e. The lowest BCUT2D eigenvalue weighted by atomic mass is 10.1. The van der Waals surface area contributed by atoms with Gasteiger partial charge in [0.2, 0.25) is 5.95 Å². The fourth-order valence-corrected chi connectivity index (χ4v) is 3.08. The molecule has 0 spiro atoms. The van der Waals surface area contributed by atoms with Crippen LogP contribution in [-0.4, -0.2) is 33.9 Å². The molecular formula is C22H23ClN4O. The van der Waals surface area contributed by atoms with Crippen LogP contribution in [0.3, 0.4) is 0 Å². The average Bonchev–Trinajstić information content (AvgIpc) is 2.72. The van der Waals surface area contributed by atoms with Crippen LogP contribution in [0.4, 0.5) is 5.95 Å². The molecule has 3 aromatic rings. The van der Waals surface area contributed by atoms with Gasteiger partial charge in [-0.15, -0.1) is 0 Å². The van der Waals surface area contributed by atoms with Gasteiger partial charge in [-0.05, 0) is 42.7 Å². The SMILES string of the molecule is CCN(Cc1ccccc1)C(=O)c1ccnc(NCCc2cccc(Cl)c2)n1. The van der Waals surface area contributed by atoms with Crippen molar-refractivity contribution in [3.8, 4) is 0 Å². The van der Waals surface area contributed by atoms with E-state index in [1.54, 1.807) is 17.2 Å². The van der Waals surface area contributed by atoms with Gasteiger partial charge in [-0.3, -0.25) is 4.79 Å². The zero-order valence-corrected chi connectivity index (χ0v) is 16.6. The van der Waals surface area contributed by atoms with Crippen LogP contribution < -0.4 is 5.32 Å². The smallest absolute Gasteiger partial charge is 0.272 e. The van der Waals surface area contributed by atoms with E-state index in [9.17, 15) is 4.79 Å². The van der Waals surface area contributed by atoms with Crippen molar-refractivity contribution >= 4 is 23.5 Å². The Kier molecular flexibility index (Phi) is 6.98. The second kappa shape index (κ2) is 9.85. The Labute approximate surface area is 170 Å². The number of carbonyl (C=O) groups excluding carboxylic acids is 1. The van der Waals surface area contributed by atoms with Crippen molar-refractivity contribution in [2.75, 3.05) is 18.4 Å². The molecule has 0 atom stereocenters. The molecule has 1 aromatic heterocycles. The molecule has 1 N–H and O–H groups in total.